The van der Waals surface area contributed by atoms with Crippen molar-refractivity contribution in [2.24, 2.45) is 0 Å². The Labute approximate surface area is 148 Å². The van der Waals surface area contributed by atoms with Crippen LogP contribution in [-0.2, 0) is 0 Å². The van der Waals surface area contributed by atoms with Crippen LogP contribution in [0.25, 0.3) is 10.8 Å². The summed E-state index contributed by atoms with van der Waals surface area (Å²) in [6.45, 7) is 6.42. The second-order valence-electron chi connectivity index (χ2n) is 7.45. The summed E-state index contributed by atoms with van der Waals surface area (Å²) in [5.74, 6) is 0.399. The van der Waals surface area contributed by atoms with Crippen LogP contribution in [0, 0.1) is 20.8 Å². The van der Waals surface area contributed by atoms with Gasteiger partial charge in [-0.25, -0.2) is 0 Å². The topological polar surface area (TPSA) is 17.1 Å². The fourth-order valence-corrected chi connectivity index (χ4v) is 4.95. The van der Waals surface area contributed by atoms with E-state index in [0.717, 1.165) is 11.1 Å². The highest BCUT2D eigenvalue weighted by atomic mass is 16.1. The summed E-state index contributed by atoms with van der Waals surface area (Å²) in [6.07, 6.45) is 4.35. The smallest absolute Gasteiger partial charge is 0.175 e. The van der Waals surface area contributed by atoms with Gasteiger partial charge in [-0.3, -0.25) is 4.79 Å². The maximum absolute atomic E-state index is 13.1. The van der Waals surface area contributed by atoms with Gasteiger partial charge in [0.05, 0.1) is 5.92 Å². The van der Waals surface area contributed by atoms with Gasteiger partial charge in [0.25, 0.3) is 0 Å². The molecule has 2 aliphatic carbocycles. The van der Waals surface area contributed by atoms with Crippen LogP contribution in [0.3, 0.4) is 0 Å². The van der Waals surface area contributed by atoms with E-state index in [2.05, 4.69) is 75.4 Å². The second-order valence-corrected chi connectivity index (χ2v) is 7.45. The first-order chi connectivity index (χ1) is 12.1. The molecule has 25 heavy (non-hydrogen) atoms. The molecule has 0 N–H and O–H groups in total. The SMILES string of the molecule is Cc1cc(C)c2c(C)cc3c4c2c1C(=O)C4C=CC3c1ccccc1. The van der Waals surface area contributed by atoms with Gasteiger partial charge in [-0.2, -0.15) is 0 Å². The summed E-state index contributed by atoms with van der Waals surface area (Å²) in [7, 11) is 0. The van der Waals surface area contributed by atoms with Crippen molar-refractivity contribution < 1.29 is 4.79 Å². The van der Waals surface area contributed by atoms with Gasteiger partial charge in [-0.1, -0.05) is 54.6 Å². The number of allylic oxidation sites excluding steroid dienone is 2. The van der Waals surface area contributed by atoms with Crippen LogP contribution in [-0.4, -0.2) is 5.78 Å². The van der Waals surface area contributed by atoms with Crippen LogP contribution < -0.4 is 0 Å². The molecule has 0 radical (unpaired) electrons. The van der Waals surface area contributed by atoms with Crippen molar-refractivity contribution in [1.82, 2.24) is 0 Å². The Morgan fingerprint density at radius 2 is 1.44 bits per heavy atom. The van der Waals surface area contributed by atoms with Crippen molar-refractivity contribution in [1.29, 1.82) is 0 Å². The van der Waals surface area contributed by atoms with E-state index in [1.54, 1.807) is 0 Å². The Hall–Kier alpha value is -2.67. The third kappa shape index (κ3) is 1.81. The number of carbonyl (C=O) groups excluding carboxylic acids is 1. The molecule has 0 bridgehead atoms. The Morgan fingerprint density at radius 3 is 2.20 bits per heavy atom. The molecule has 3 aromatic carbocycles. The largest absolute Gasteiger partial charge is 0.293 e. The first kappa shape index (κ1) is 14.7. The number of ketones is 1. The van der Waals surface area contributed by atoms with E-state index in [1.165, 1.54) is 38.6 Å². The average molecular weight is 324 g/mol. The van der Waals surface area contributed by atoms with Crippen LogP contribution in [0.15, 0.2) is 54.6 Å². The van der Waals surface area contributed by atoms with E-state index in [9.17, 15) is 4.79 Å². The molecule has 5 rings (SSSR count). The average Bonchev–Trinajstić information content (AvgIpc) is 2.90. The Bertz CT molecular complexity index is 1090. The highest BCUT2D eigenvalue weighted by molar-refractivity contribution is 6.21. The lowest BCUT2D eigenvalue weighted by atomic mass is 9.77. The number of benzene rings is 3. The van der Waals surface area contributed by atoms with Gasteiger partial charge >= 0.3 is 0 Å². The van der Waals surface area contributed by atoms with Gasteiger partial charge in [0.2, 0.25) is 0 Å². The third-order valence-corrected chi connectivity index (χ3v) is 5.90. The molecule has 0 amide bonds. The van der Waals surface area contributed by atoms with Crippen LogP contribution >= 0.6 is 0 Å². The number of hydrogen-bond donors (Lipinski definition) is 0. The molecule has 0 heterocycles. The van der Waals surface area contributed by atoms with Crippen molar-refractivity contribution in [3.8, 4) is 0 Å². The van der Waals surface area contributed by atoms with Crippen molar-refractivity contribution in [3.05, 3.63) is 93.6 Å². The predicted octanol–water partition coefficient (Wildman–Crippen LogP) is 5.75. The van der Waals surface area contributed by atoms with Crippen molar-refractivity contribution in [2.75, 3.05) is 0 Å². The molecule has 3 aromatic rings. The molecule has 122 valence electrons. The fraction of sp³-hybridized carbons (Fsp3) is 0.208. The molecule has 2 atom stereocenters. The summed E-state index contributed by atoms with van der Waals surface area (Å²) in [6, 6.07) is 15.1. The standard InChI is InChI=1S/C24H20O/c1-13-11-14(2)21-23-20(13)15(3)12-19-17(16-7-5-4-6-8-16)9-10-18(22(19)23)24(21)25/h4-12,17-18H,1-3H3. The van der Waals surface area contributed by atoms with E-state index in [4.69, 9.17) is 0 Å². The summed E-state index contributed by atoms with van der Waals surface area (Å²) in [4.78, 5) is 13.1. The lowest BCUT2D eigenvalue weighted by Crippen LogP contribution is -2.13. The van der Waals surface area contributed by atoms with Crippen LogP contribution in [0.4, 0.5) is 0 Å². The minimum Gasteiger partial charge on any atom is -0.293 e. The van der Waals surface area contributed by atoms with Gasteiger partial charge in [-0.15, -0.1) is 0 Å². The molecule has 1 heteroatoms. The zero-order chi connectivity index (χ0) is 17.3. The Balaban J connectivity index is 1.91. The number of aryl methyl sites for hydroxylation is 3. The molecular weight excluding hydrogens is 304 g/mol. The second kappa shape index (κ2) is 4.92. The van der Waals surface area contributed by atoms with Crippen LogP contribution in [0.1, 0.15) is 55.6 Å². The van der Waals surface area contributed by atoms with Gasteiger partial charge in [0.1, 0.15) is 0 Å². The van der Waals surface area contributed by atoms with Gasteiger partial charge in [-0.05, 0) is 64.9 Å². The van der Waals surface area contributed by atoms with E-state index in [0.29, 0.717) is 0 Å². The predicted molar refractivity (Wildman–Crippen MR) is 103 cm³/mol. The number of hydrogen-bond acceptors (Lipinski definition) is 1. The summed E-state index contributed by atoms with van der Waals surface area (Å²) < 4.78 is 0. The quantitative estimate of drug-likeness (QED) is 0.521. The monoisotopic (exact) mass is 324 g/mol. The molecule has 2 aliphatic rings. The number of rotatable bonds is 1. The lowest BCUT2D eigenvalue weighted by Gasteiger charge is -2.25. The fourth-order valence-electron chi connectivity index (χ4n) is 4.95. The lowest BCUT2D eigenvalue weighted by molar-refractivity contribution is 0.0982. The van der Waals surface area contributed by atoms with E-state index in [1.807, 2.05) is 0 Å². The first-order valence-corrected chi connectivity index (χ1v) is 8.92. The van der Waals surface area contributed by atoms with Crippen molar-refractivity contribution in [2.45, 2.75) is 32.6 Å². The minimum absolute atomic E-state index is 0.103. The molecule has 0 saturated carbocycles. The van der Waals surface area contributed by atoms with Gasteiger partial charge < -0.3 is 0 Å². The maximum atomic E-state index is 13.1. The molecule has 0 aliphatic heterocycles. The van der Waals surface area contributed by atoms with Gasteiger partial charge in [0.15, 0.2) is 5.78 Å². The zero-order valence-corrected chi connectivity index (χ0v) is 14.8. The molecule has 0 saturated heterocycles. The molecule has 2 unspecified atom stereocenters. The highest BCUT2D eigenvalue weighted by Crippen LogP contribution is 2.50. The van der Waals surface area contributed by atoms with Crippen LogP contribution in [0.5, 0.6) is 0 Å². The summed E-state index contributed by atoms with van der Waals surface area (Å²) in [5, 5.41) is 2.49. The summed E-state index contributed by atoms with van der Waals surface area (Å²) >= 11 is 0. The van der Waals surface area contributed by atoms with Crippen molar-refractivity contribution in [3.63, 3.8) is 0 Å². The Morgan fingerprint density at radius 1 is 0.760 bits per heavy atom. The number of carbonyl (C=O) groups is 1. The van der Waals surface area contributed by atoms with Gasteiger partial charge in [0, 0.05) is 11.5 Å². The number of Topliss-reactive ketones (excluding diaryl/α,β-unsaturated/α-hetero) is 1. The normalized spacial score (nSPS) is 20.5. The maximum Gasteiger partial charge on any atom is 0.175 e. The molecule has 0 spiro atoms. The molecular formula is C24H20O. The van der Waals surface area contributed by atoms with E-state index >= 15 is 0 Å². The van der Waals surface area contributed by atoms with Crippen molar-refractivity contribution >= 4 is 16.6 Å². The summed E-state index contributed by atoms with van der Waals surface area (Å²) in [5.41, 5.74) is 8.46. The third-order valence-electron chi connectivity index (χ3n) is 5.90. The van der Waals surface area contributed by atoms with Crippen LogP contribution in [0.2, 0.25) is 0 Å². The molecule has 0 fully saturated rings. The highest BCUT2D eigenvalue weighted by Gasteiger charge is 2.38. The molecule has 0 aromatic heterocycles. The van der Waals surface area contributed by atoms with E-state index in [-0.39, 0.29) is 17.6 Å². The molecule has 1 nitrogen and oxygen atoms in total. The zero-order valence-electron chi connectivity index (χ0n) is 14.8. The Kier molecular flexibility index (Phi) is 2.88. The minimum atomic E-state index is -0.103. The first-order valence-electron chi connectivity index (χ1n) is 8.92. The van der Waals surface area contributed by atoms with E-state index < -0.39 is 0 Å².